The molecule has 0 atom stereocenters. The summed E-state index contributed by atoms with van der Waals surface area (Å²) < 4.78 is 5.44. The third kappa shape index (κ3) is 6.35. The Morgan fingerprint density at radius 2 is 1.58 bits per heavy atom. The van der Waals surface area contributed by atoms with E-state index in [-0.39, 0.29) is 36.2 Å². The smallest absolute Gasteiger partial charge is 0.338 e. The van der Waals surface area contributed by atoms with E-state index in [1.54, 1.807) is 18.2 Å². The number of ether oxygens (including phenoxy) is 1. The molecular weight excluding hydrogens is 566 g/mol. The molecule has 1 amide bonds. The predicted octanol–water partition coefficient (Wildman–Crippen LogP) is 7.51. The van der Waals surface area contributed by atoms with Crippen molar-refractivity contribution in [1.82, 2.24) is 15.4 Å². The van der Waals surface area contributed by atoms with Crippen LogP contribution in [0.5, 0.6) is 0 Å². The van der Waals surface area contributed by atoms with Crippen LogP contribution in [0.15, 0.2) is 64.9 Å². The molecule has 234 valence electrons. The van der Waals surface area contributed by atoms with Gasteiger partial charge in [0.25, 0.3) is 5.91 Å². The molecule has 9 heteroatoms. The Morgan fingerprint density at radius 3 is 2.29 bits per heavy atom. The van der Waals surface area contributed by atoms with E-state index in [2.05, 4.69) is 20.7 Å². The number of aromatic amines is 1. The molecule has 4 bridgehead atoms. The lowest BCUT2D eigenvalue weighted by Gasteiger charge is -2.55. The summed E-state index contributed by atoms with van der Waals surface area (Å²) in [5.74, 6) is 1.96. The lowest BCUT2D eigenvalue weighted by atomic mass is 9.48. The molecular formula is C36H41N5O4. The summed E-state index contributed by atoms with van der Waals surface area (Å²) in [5.41, 5.74) is 4.72. The second kappa shape index (κ2) is 12.7. The molecule has 0 saturated heterocycles. The number of imidazole rings is 1. The number of nitrogens with zero attached hydrogens (tertiary/aromatic N) is 3. The quantitative estimate of drug-likeness (QED) is 0.107. The van der Waals surface area contributed by atoms with Gasteiger partial charge in [0, 0.05) is 11.3 Å². The maximum atomic E-state index is 14.3. The van der Waals surface area contributed by atoms with Crippen LogP contribution in [0.3, 0.4) is 0 Å². The van der Waals surface area contributed by atoms with E-state index >= 15 is 0 Å². The fourth-order valence-corrected chi connectivity index (χ4v) is 8.79. The van der Waals surface area contributed by atoms with E-state index in [1.807, 2.05) is 36.4 Å². The highest BCUT2D eigenvalue weighted by Gasteiger charge is 2.55. The van der Waals surface area contributed by atoms with Crippen LogP contribution in [0.2, 0.25) is 0 Å². The first-order valence-corrected chi connectivity index (χ1v) is 16.6. The van der Waals surface area contributed by atoms with Gasteiger partial charge in [-0.2, -0.15) is 5.11 Å². The Bertz CT molecular complexity index is 1550. The van der Waals surface area contributed by atoms with Crippen molar-refractivity contribution < 1.29 is 19.1 Å². The summed E-state index contributed by atoms with van der Waals surface area (Å²) in [6.07, 6.45) is 12.0. The van der Waals surface area contributed by atoms with E-state index in [0.717, 1.165) is 61.9 Å². The van der Waals surface area contributed by atoms with Gasteiger partial charge in [0.2, 0.25) is 0 Å². The van der Waals surface area contributed by atoms with Crippen LogP contribution in [0.25, 0.3) is 0 Å². The van der Waals surface area contributed by atoms with Gasteiger partial charge in [-0.15, -0.1) is 0 Å². The highest BCUT2D eigenvalue weighted by molar-refractivity contribution is 6.08. The van der Waals surface area contributed by atoms with E-state index in [4.69, 9.17) is 9.72 Å². The summed E-state index contributed by atoms with van der Waals surface area (Å²) in [4.78, 5) is 48.5. The molecule has 0 radical (unpaired) electrons. The molecule has 5 aliphatic carbocycles. The average Bonchev–Trinajstić information content (AvgIpc) is 3.51. The van der Waals surface area contributed by atoms with Gasteiger partial charge in [-0.1, -0.05) is 67.0 Å². The van der Waals surface area contributed by atoms with Crippen molar-refractivity contribution in [1.29, 1.82) is 0 Å². The zero-order valence-corrected chi connectivity index (χ0v) is 25.7. The number of hydrogen-bond acceptors (Lipinski definition) is 7. The molecule has 1 heterocycles. The molecule has 5 fully saturated rings. The lowest BCUT2D eigenvalue weighted by molar-refractivity contribution is -0.0355. The Labute approximate surface area is 263 Å². The third-order valence-corrected chi connectivity index (χ3v) is 10.5. The molecule has 0 unspecified atom stereocenters. The van der Waals surface area contributed by atoms with Crippen LogP contribution < -0.4 is 5.43 Å². The normalized spacial score (nSPS) is 25.8. The molecule has 0 aliphatic heterocycles. The van der Waals surface area contributed by atoms with Crippen molar-refractivity contribution in [2.75, 3.05) is 0 Å². The molecule has 45 heavy (non-hydrogen) atoms. The second-order valence-electron chi connectivity index (χ2n) is 13.8. The monoisotopic (exact) mass is 607 g/mol. The number of Topliss-reactive ketones (excluding diaryl/α,β-unsaturated/α-hetero) is 1. The van der Waals surface area contributed by atoms with Gasteiger partial charge >= 0.3 is 5.97 Å². The van der Waals surface area contributed by atoms with Gasteiger partial charge in [0.05, 0.1) is 12.1 Å². The topological polar surface area (TPSA) is 126 Å². The molecule has 2 N–H and O–H groups in total. The molecule has 5 aliphatic rings. The summed E-state index contributed by atoms with van der Waals surface area (Å²) >= 11 is 0. The van der Waals surface area contributed by atoms with E-state index in [9.17, 15) is 14.4 Å². The lowest BCUT2D eigenvalue weighted by Crippen LogP contribution is -2.50. The summed E-state index contributed by atoms with van der Waals surface area (Å²) in [6.45, 7) is 0.356. The van der Waals surface area contributed by atoms with Crippen molar-refractivity contribution in [2.24, 2.45) is 33.5 Å². The Morgan fingerprint density at radius 1 is 0.889 bits per heavy atom. The minimum atomic E-state index is -0.500. The fraction of sp³-hybridized carbons (Fsp3) is 0.500. The van der Waals surface area contributed by atoms with Gasteiger partial charge in [0.1, 0.15) is 23.8 Å². The van der Waals surface area contributed by atoms with Gasteiger partial charge in [-0.25, -0.2) is 15.2 Å². The number of benzene rings is 2. The maximum Gasteiger partial charge on any atom is 0.338 e. The van der Waals surface area contributed by atoms with Crippen molar-refractivity contribution >= 4 is 17.7 Å². The Hall–Kier alpha value is -4.14. The molecule has 8 rings (SSSR count). The van der Waals surface area contributed by atoms with E-state index in [1.165, 1.54) is 25.7 Å². The number of rotatable bonds is 10. The minimum Gasteiger partial charge on any atom is -0.457 e. The van der Waals surface area contributed by atoms with Gasteiger partial charge in [-0.3, -0.25) is 9.59 Å². The number of ketones is 1. The van der Waals surface area contributed by atoms with Crippen molar-refractivity contribution in [3.8, 4) is 0 Å². The van der Waals surface area contributed by atoms with Crippen molar-refractivity contribution in [3.63, 3.8) is 0 Å². The van der Waals surface area contributed by atoms with Gasteiger partial charge in [0.15, 0.2) is 5.78 Å². The number of H-pyrrole nitrogens is 1. The zero-order chi connectivity index (χ0) is 30.8. The Kier molecular flexibility index (Phi) is 8.34. The molecule has 3 aromatic rings. The van der Waals surface area contributed by atoms with Crippen molar-refractivity contribution in [3.05, 3.63) is 88.5 Å². The number of esters is 1. The van der Waals surface area contributed by atoms with Crippen molar-refractivity contribution in [2.45, 2.75) is 89.7 Å². The first-order chi connectivity index (χ1) is 22.0. The minimum absolute atomic E-state index is 0.0398. The Balaban J connectivity index is 1.03. The fourth-order valence-electron chi connectivity index (χ4n) is 8.79. The first-order valence-electron chi connectivity index (χ1n) is 16.6. The SMILES string of the molecule is O=C(OCc1ccccc1)c1cccc(CN=NNC(=O)c2[nH]c(C3CCCCC3)nc2C(=O)C23CC4CC(CC(C4)C2)C3)c1. The third-order valence-electron chi connectivity index (χ3n) is 10.5. The van der Waals surface area contributed by atoms with Crippen LogP contribution >= 0.6 is 0 Å². The van der Waals surface area contributed by atoms with E-state index in [0.29, 0.717) is 23.3 Å². The standard InChI is InChI=1S/C36H41N5O4/c42-32(36-18-25-14-26(19-36)16-27(15-25)20-36)30-31(39-33(38-30)28-11-5-2-6-12-28)34(43)40-41-37-21-24-10-7-13-29(17-24)35(44)45-22-23-8-3-1-4-9-23/h1,3-4,7-10,13,17,25-28H,2,5-6,11-12,14-16,18-22H2,(H,38,39)(H,37,40,43). The predicted molar refractivity (Wildman–Crippen MR) is 167 cm³/mol. The molecule has 5 saturated carbocycles. The molecule has 2 aromatic carbocycles. The molecule has 1 aromatic heterocycles. The summed E-state index contributed by atoms with van der Waals surface area (Å²) in [5, 5.41) is 8.11. The first kappa shape index (κ1) is 29.6. The van der Waals surface area contributed by atoms with Crippen LogP contribution in [0.1, 0.15) is 125 Å². The zero-order valence-electron chi connectivity index (χ0n) is 25.7. The molecule has 0 spiro atoms. The number of carbonyl (C=O) groups is 3. The summed E-state index contributed by atoms with van der Waals surface area (Å²) in [7, 11) is 0. The number of amides is 1. The largest absolute Gasteiger partial charge is 0.457 e. The average molecular weight is 608 g/mol. The summed E-state index contributed by atoms with van der Waals surface area (Å²) in [6, 6.07) is 16.5. The maximum absolute atomic E-state index is 14.3. The second-order valence-corrected chi connectivity index (χ2v) is 13.8. The van der Waals surface area contributed by atoms with Crippen LogP contribution in [-0.2, 0) is 17.9 Å². The number of nitrogens with one attached hydrogen (secondary N) is 2. The highest BCUT2D eigenvalue weighted by atomic mass is 16.5. The molecule has 9 nitrogen and oxygen atoms in total. The van der Waals surface area contributed by atoms with Crippen LogP contribution in [0, 0.1) is 23.2 Å². The highest BCUT2D eigenvalue weighted by Crippen LogP contribution is 2.61. The van der Waals surface area contributed by atoms with Gasteiger partial charge in [-0.05, 0) is 92.4 Å². The van der Waals surface area contributed by atoms with Crippen LogP contribution in [-0.4, -0.2) is 27.6 Å². The number of aromatic nitrogens is 2. The van der Waals surface area contributed by atoms with Crippen LogP contribution in [0.4, 0.5) is 0 Å². The number of carbonyl (C=O) groups excluding carboxylic acids is 3. The number of hydrogen-bond donors (Lipinski definition) is 2. The van der Waals surface area contributed by atoms with E-state index < -0.39 is 17.3 Å². The van der Waals surface area contributed by atoms with Gasteiger partial charge < -0.3 is 9.72 Å².